The first-order valence-electron chi connectivity index (χ1n) is 7.86. The lowest BCUT2D eigenvalue weighted by molar-refractivity contribution is 0.0931. The quantitative estimate of drug-likeness (QED) is 0.932. The number of nitrogens with one attached hydrogen (secondary N) is 1. The molecule has 1 fully saturated rings. The van der Waals surface area contributed by atoms with E-state index < -0.39 is 0 Å². The first-order chi connectivity index (χ1) is 9.65. The zero-order valence-electron chi connectivity index (χ0n) is 12.9. The molecule has 1 aromatic rings. The average molecular weight is 313 g/mol. The van der Waals surface area contributed by atoms with Gasteiger partial charge >= 0.3 is 0 Å². The molecule has 3 rings (SSSR count). The summed E-state index contributed by atoms with van der Waals surface area (Å²) in [6.07, 6.45) is 4.76. The lowest BCUT2D eigenvalue weighted by Crippen LogP contribution is -2.29. The number of fused-ring (bicyclic) bond motifs is 1. The molecule has 1 unspecified atom stereocenters. The number of carbonyl (C=O) groups excluding carboxylic acids is 1. The highest BCUT2D eigenvalue weighted by atomic mass is 35.5. The molecule has 5 heteroatoms. The van der Waals surface area contributed by atoms with Crippen LogP contribution in [-0.4, -0.2) is 24.0 Å². The Morgan fingerprint density at radius 1 is 1.29 bits per heavy atom. The topological polar surface area (TPSA) is 55.1 Å². The van der Waals surface area contributed by atoms with Crippen LogP contribution in [0.2, 0.25) is 0 Å². The fraction of sp³-hybridized carbons (Fsp3) is 0.750. The molecular formula is C16H25ClN2O2. The molecule has 118 valence electrons. The standard InChI is InChI=1S/C16H24N2O2.ClH/c1-10(2)12-8-13-16(14(19)9-12)15(20-18-13)7-11-3-5-17-6-4-11;/h10-12,17H,3-9H2,1-2H3;1H. The zero-order chi connectivity index (χ0) is 14.1. The minimum atomic E-state index is 0. The lowest BCUT2D eigenvalue weighted by Gasteiger charge is -2.24. The Bertz CT molecular complexity index is 492. The highest BCUT2D eigenvalue weighted by Crippen LogP contribution is 2.33. The molecular weight excluding hydrogens is 288 g/mol. The van der Waals surface area contributed by atoms with Crippen LogP contribution in [0.4, 0.5) is 0 Å². The van der Waals surface area contributed by atoms with Gasteiger partial charge in [0.2, 0.25) is 0 Å². The van der Waals surface area contributed by atoms with Crippen molar-refractivity contribution in [3.8, 4) is 0 Å². The average Bonchev–Trinajstić information content (AvgIpc) is 2.83. The van der Waals surface area contributed by atoms with Crippen LogP contribution in [0.25, 0.3) is 0 Å². The summed E-state index contributed by atoms with van der Waals surface area (Å²) >= 11 is 0. The van der Waals surface area contributed by atoms with Crippen molar-refractivity contribution in [2.24, 2.45) is 17.8 Å². The second-order valence-corrected chi connectivity index (χ2v) is 6.66. The molecule has 0 radical (unpaired) electrons. The Balaban J connectivity index is 0.00000161. The van der Waals surface area contributed by atoms with Crippen molar-refractivity contribution < 1.29 is 9.32 Å². The maximum Gasteiger partial charge on any atom is 0.168 e. The molecule has 0 amide bonds. The molecule has 0 aromatic carbocycles. The van der Waals surface area contributed by atoms with E-state index in [9.17, 15) is 4.79 Å². The summed E-state index contributed by atoms with van der Waals surface area (Å²) in [5, 5.41) is 7.56. The van der Waals surface area contributed by atoms with Gasteiger partial charge in [0.15, 0.2) is 5.78 Å². The second kappa shape index (κ2) is 6.93. The molecule has 1 aliphatic heterocycles. The predicted molar refractivity (Wildman–Crippen MR) is 84.0 cm³/mol. The number of halogens is 1. The van der Waals surface area contributed by atoms with Crippen LogP contribution in [0, 0.1) is 17.8 Å². The van der Waals surface area contributed by atoms with Crippen LogP contribution in [-0.2, 0) is 12.8 Å². The monoisotopic (exact) mass is 312 g/mol. The molecule has 0 spiro atoms. The summed E-state index contributed by atoms with van der Waals surface area (Å²) in [6.45, 7) is 6.51. The number of piperidine rings is 1. The Labute approximate surface area is 132 Å². The Morgan fingerprint density at radius 2 is 2.00 bits per heavy atom. The van der Waals surface area contributed by atoms with Gasteiger partial charge in [-0.15, -0.1) is 12.4 Å². The van der Waals surface area contributed by atoms with Crippen molar-refractivity contribution in [3.05, 3.63) is 17.0 Å². The van der Waals surface area contributed by atoms with E-state index in [1.165, 1.54) is 0 Å². The van der Waals surface area contributed by atoms with E-state index in [0.717, 1.165) is 55.8 Å². The van der Waals surface area contributed by atoms with Crippen LogP contribution in [0.5, 0.6) is 0 Å². The third-order valence-corrected chi connectivity index (χ3v) is 4.89. The predicted octanol–water partition coefficient (Wildman–Crippen LogP) is 3.04. The molecule has 1 saturated heterocycles. The van der Waals surface area contributed by atoms with Crippen LogP contribution in [0.15, 0.2) is 4.52 Å². The van der Waals surface area contributed by atoms with Gasteiger partial charge in [0.05, 0.1) is 11.3 Å². The molecule has 0 saturated carbocycles. The molecule has 2 heterocycles. The van der Waals surface area contributed by atoms with Crippen molar-refractivity contribution >= 4 is 18.2 Å². The van der Waals surface area contributed by atoms with Gasteiger partial charge in [-0.1, -0.05) is 19.0 Å². The van der Waals surface area contributed by atoms with Crippen molar-refractivity contribution in [1.29, 1.82) is 0 Å². The van der Waals surface area contributed by atoms with Crippen molar-refractivity contribution in [1.82, 2.24) is 10.5 Å². The van der Waals surface area contributed by atoms with Crippen molar-refractivity contribution in [2.45, 2.75) is 46.0 Å². The Kier molecular flexibility index (Phi) is 5.44. The molecule has 1 N–H and O–H groups in total. The van der Waals surface area contributed by atoms with Crippen LogP contribution < -0.4 is 5.32 Å². The second-order valence-electron chi connectivity index (χ2n) is 6.66. The van der Waals surface area contributed by atoms with Gasteiger partial charge in [-0.3, -0.25) is 4.79 Å². The maximum atomic E-state index is 12.4. The van der Waals surface area contributed by atoms with E-state index in [-0.39, 0.29) is 18.2 Å². The number of nitrogens with zero attached hydrogens (tertiary/aromatic N) is 1. The van der Waals surface area contributed by atoms with Gasteiger partial charge in [-0.2, -0.15) is 0 Å². The highest BCUT2D eigenvalue weighted by molar-refractivity contribution is 5.99. The smallest absolute Gasteiger partial charge is 0.168 e. The summed E-state index contributed by atoms with van der Waals surface area (Å²) in [6, 6.07) is 0. The minimum absolute atomic E-state index is 0. The van der Waals surface area contributed by atoms with Gasteiger partial charge in [0.1, 0.15) is 5.76 Å². The number of hydrogen-bond acceptors (Lipinski definition) is 4. The third kappa shape index (κ3) is 3.49. The van der Waals surface area contributed by atoms with Crippen LogP contribution >= 0.6 is 12.4 Å². The molecule has 1 aliphatic carbocycles. The number of ketones is 1. The Hall–Kier alpha value is -0.870. The Morgan fingerprint density at radius 3 is 2.67 bits per heavy atom. The third-order valence-electron chi connectivity index (χ3n) is 4.89. The maximum absolute atomic E-state index is 12.4. The molecule has 1 atom stereocenters. The summed E-state index contributed by atoms with van der Waals surface area (Å²) in [5.74, 6) is 2.67. The van der Waals surface area contributed by atoms with Gasteiger partial charge in [0.25, 0.3) is 0 Å². The summed E-state index contributed by atoms with van der Waals surface area (Å²) < 4.78 is 5.53. The van der Waals surface area contributed by atoms with Crippen molar-refractivity contribution in [3.63, 3.8) is 0 Å². The van der Waals surface area contributed by atoms with Gasteiger partial charge in [-0.05, 0) is 50.1 Å². The SMILES string of the molecule is CC(C)C1CC(=O)c2c(noc2CC2CCNCC2)C1.Cl. The fourth-order valence-corrected chi connectivity index (χ4v) is 3.44. The zero-order valence-corrected chi connectivity index (χ0v) is 13.7. The van der Waals surface area contributed by atoms with Crippen molar-refractivity contribution in [2.75, 3.05) is 13.1 Å². The van der Waals surface area contributed by atoms with Crippen LogP contribution in [0.1, 0.15) is 54.9 Å². The van der Waals surface area contributed by atoms with E-state index in [2.05, 4.69) is 24.3 Å². The molecule has 4 nitrogen and oxygen atoms in total. The van der Waals surface area contributed by atoms with E-state index in [0.29, 0.717) is 24.2 Å². The van der Waals surface area contributed by atoms with Crippen LogP contribution in [0.3, 0.4) is 0 Å². The van der Waals surface area contributed by atoms with E-state index in [1.54, 1.807) is 0 Å². The van der Waals surface area contributed by atoms with Gasteiger partial charge in [-0.25, -0.2) is 0 Å². The number of aromatic nitrogens is 1. The van der Waals surface area contributed by atoms with Gasteiger partial charge in [0, 0.05) is 12.8 Å². The molecule has 0 bridgehead atoms. The number of rotatable bonds is 3. The number of Topliss-reactive ketones (excluding diaryl/α,β-unsaturated/α-hetero) is 1. The first-order valence-corrected chi connectivity index (χ1v) is 7.86. The van der Waals surface area contributed by atoms with Gasteiger partial charge < -0.3 is 9.84 Å². The fourth-order valence-electron chi connectivity index (χ4n) is 3.44. The van der Waals surface area contributed by atoms with E-state index >= 15 is 0 Å². The van der Waals surface area contributed by atoms with E-state index in [1.807, 2.05) is 0 Å². The lowest BCUT2D eigenvalue weighted by atomic mass is 9.79. The minimum Gasteiger partial charge on any atom is -0.360 e. The van der Waals surface area contributed by atoms with E-state index in [4.69, 9.17) is 4.52 Å². The summed E-state index contributed by atoms with van der Waals surface area (Å²) in [7, 11) is 0. The molecule has 21 heavy (non-hydrogen) atoms. The highest BCUT2D eigenvalue weighted by Gasteiger charge is 2.33. The number of carbonyl (C=O) groups is 1. The summed E-state index contributed by atoms with van der Waals surface area (Å²) in [5.41, 5.74) is 1.73. The molecule has 2 aliphatic rings. The first kappa shape index (κ1) is 16.5. The largest absolute Gasteiger partial charge is 0.360 e. The number of hydrogen-bond donors (Lipinski definition) is 1. The summed E-state index contributed by atoms with van der Waals surface area (Å²) in [4.78, 5) is 12.4. The normalized spacial score (nSPS) is 23.0. The molecule has 1 aromatic heterocycles.